The molecule has 0 radical (unpaired) electrons. The zero-order chi connectivity index (χ0) is 12.4. The summed E-state index contributed by atoms with van der Waals surface area (Å²) in [6, 6.07) is 1.31. The number of anilines is 1. The third-order valence-corrected chi connectivity index (χ3v) is 3.38. The van der Waals surface area contributed by atoms with Crippen molar-refractivity contribution in [3.8, 4) is 0 Å². The van der Waals surface area contributed by atoms with E-state index in [1.807, 2.05) is 11.9 Å². The van der Waals surface area contributed by atoms with E-state index >= 15 is 0 Å². The van der Waals surface area contributed by atoms with Crippen LogP contribution < -0.4 is 4.90 Å². The third-order valence-electron chi connectivity index (χ3n) is 3.17. The topological polar surface area (TPSA) is 19.4 Å². The highest BCUT2D eigenvalue weighted by molar-refractivity contribution is 6.30. The maximum Gasteiger partial charge on any atom is 0.167 e. The van der Waals surface area contributed by atoms with Gasteiger partial charge in [-0.1, -0.05) is 11.6 Å². The Morgan fingerprint density at radius 1 is 1.65 bits per heavy atom. The molecule has 0 saturated carbocycles. The van der Waals surface area contributed by atoms with E-state index in [-0.39, 0.29) is 5.82 Å². The molecule has 0 bridgehead atoms. The largest absolute Gasteiger partial charge is 0.357 e. The van der Waals surface area contributed by atoms with E-state index in [9.17, 15) is 4.39 Å². The minimum absolute atomic E-state index is 0.334. The smallest absolute Gasteiger partial charge is 0.167 e. The number of pyridine rings is 1. The van der Waals surface area contributed by atoms with Crippen LogP contribution in [0.4, 0.5) is 10.2 Å². The normalized spacial score (nSPS) is 20.8. The number of likely N-dealkylation sites (tertiary alicyclic amines) is 1. The van der Waals surface area contributed by atoms with Crippen molar-refractivity contribution in [2.24, 2.45) is 5.92 Å². The highest BCUT2D eigenvalue weighted by atomic mass is 35.5. The maximum absolute atomic E-state index is 13.7. The predicted molar refractivity (Wildman–Crippen MR) is 68.1 cm³/mol. The average molecular weight is 258 g/mol. The van der Waals surface area contributed by atoms with Crippen LogP contribution in [0.2, 0.25) is 5.02 Å². The Balaban J connectivity index is 2.01. The number of halogens is 2. The van der Waals surface area contributed by atoms with Crippen LogP contribution in [0.5, 0.6) is 0 Å². The standard InChI is InChI=1S/C12H17ClFN3/c1-16-4-3-9(7-16)8-17(2)12-11(14)5-10(13)6-15-12/h5-6,9H,3-4,7-8H2,1-2H3. The van der Waals surface area contributed by atoms with E-state index in [4.69, 9.17) is 11.6 Å². The predicted octanol–water partition coefficient (Wildman–Crippen LogP) is 2.26. The van der Waals surface area contributed by atoms with Gasteiger partial charge in [-0.25, -0.2) is 9.37 Å². The van der Waals surface area contributed by atoms with Crippen molar-refractivity contribution in [3.05, 3.63) is 23.1 Å². The van der Waals surface area contributed by atoms with Gasteiger partial charge in [0.25, 0.3) is 0 Å². The summed E-state index contributed by atoms with van der Waals surface area (Å²) in [4.78, 5) is 8.21. The summed E-state index contributed by atoms with van der Waals surface area (Å²) in [7, 11) is 3.98. The van der Waals surface area contributed by atoms with Gasteiger partial charge in [-0.3, -0.25) is 0 Å². The van der Waals surface area contributed by atoms with Crippen molar-refractivity contribution in [3.63, 3.8) is 0 Å². The second-order valence-corrected chi connectivity index (χ2v) is 5.19. The Hall–Kier alpha value is -0.870. The van der Waals surface area contributed by atoms with Gasteiger partial charge < -0.3 is 9.80 Å². The highest BCUT2D eigenvalue weighted by Gasteiger charge is 2.22. The Bertz CT molecular complexity index is 399. The number of nitrogens with zero attached hydrogens (tertiary/aromatic N) is 3. The molecule has 1 unspecified atom stereocenters. The summed E-state index contributed by atoms with van der Waals surface area (Å²) in [6.45, 7) is 3.02. The average Bonchev–Trinajstić information content (AvgIpc) is 2.63. The first-order valence-corrected chi connectivity index (χ1v) is 6.15. The molecule has 1 atom stereocenters. The Morgan fingerprint density at radius 2 is 2.41 bits per heavy atom. The Labute approximate surface area is 106 Å². The SMILES string of the molecule is CN1CCC(CN(C)c2ncc(Cl)cc2F)C1. The van der Waals surface area contributed by atoms with Gasteiger partial charge in [-0.2, -0.15) is 0 Å². The molecular formula is C12H17ClFN3. The quantitative estimate of drug-likeness (QED) is 0.828. The molecule has 1 saturated heterocycles. The lowest BCUT2D eigenvalue weighted by atomic mass is 10.1. The van der Waals surface area contributed by atoms with Crippen molar-refractivity contribution in [1.29, 1.82) is 0 Å². The minimum atomic E-state index is -0.355. The minimum Gasteiger partial charge on any atom is -0.357 e. The fraction of sp³-hybridized carbons (Fsp3) is 0.583. The molecule has 2 rings (SSSR count). The van der Waals surface area contributed by atoms with Gasteiger partial charge in [-0.15, -0.1) is 0 Å². The highest BCUT2D eigenvalue weighted by Crippen LogP contribution is 2.22. The monoisotopic (exact) mass is 257 g/mol. The lowest BCUT2D eigenvalue weighted by molar-refractivity contribution is 0.395. The van der Waals surface area contributed by atoms with E-state index in [1.54, 1.807) is 0 Å². The molecule has 0 N–H and O–H groups in total. The molecule has 5 heteroatoms. The van der Waals surface area contributed by atoms with E-state index in [2.05, 4.69) is 16.9 Å². The zero-order valence-electron chi connectivity index (χ0n) is 10.2. The van der Waals surface area contributed by atoms with Crippen LogP contribution in [-0.2, 0) is 0 Å². The molecule has 1 aliphatic heterocycles. The molecular weight excluding hydrogens is 241 g/mol. The van der Waals surface area contributed by atoms with Crippen LogP contribution in [0.15, 0.2) is 12.3 Å². The molecule has 3 nitrogen and oxygen atoms in total. The fourth-order valence-electron chi connectivity index (χ4n) is 2.34. The molecule has 2 heterocycles. The molecule has 94 valence electrons. The molecule has 1 aromatic rings. The molecule has 0 aliphatic carbocycles. The first-order chi connectivity index (χ1) is 8.06. The van der Waals surface area contributed by atoms with Crippen LogP contribution in [0.25, 0.3) is 0 Å². The number of hydrogen-bond acceptors (Lipinski definition) is 3. The van der Waals surface area contributed by atoms with Crippen molar-refractivity contribution in [1.82, 2.24) is 9.88 Å². The maximum atomic E-state index is 13.7. The summed E-state index contributed by atoms with van der Waals surface area (Å²) in [5, 5.41) is 0.334. The molecule has 1 fully saturated rings. The van der Waals surface area contributed by atoms with Crippen LogP contribution in [0.1, 0.15) is 6.42 Å². The van der Waals surface area contributed by atoms with Crippen molar-refractivity contribution < 1.29 is 4.39 Å². The molecule has 0 amide bonds. The van der Waals surface area contributed by atoms with Crippen molar-refractivity contribution in [2.75, 3.05) is 38.6 Å². The van der Waals surface area contributed by atoms with Gasteiger partial charge in [0.05, 0.1) is 5.02 Å². The lowest BCUT2D eigenvalue weighted by Crippen LogP contribution is -2.28. The number of hydrogen-bond donors (Lipinski definition) is 0. The zero-order valence-corrected chi connectivity index (χ0v) is 10.9. The molecule has 1 aliphatic rings. The second-order valence-electron chi connectivity index (χ2n) is 4.76. The van der Waals surface area contributed by atoms with E-state index < -0.39 is 0 Å². The molecule has 0 aromatic carbocycles. The summed E-state index contributed by atoms with van der Waals surface area (Å²) >= 11 is 5.68. The first-order valence-electron chi connectivity index (χ1n) is 5.77. The van der Waals surface area contributed by atoms with E-state index in [0.29, 0.717) is 16.8 Å². The summed E-state index contributed by atoms with van der Waals surface area (Å²) in [6.07, 6.45) is 2.65. The van der Waals surface area contributed by atoms with Gasteiger partial charge in [0, 0.05) is 26.3 Å². The van der Waals surface area contributed by atoms with Gasteiger partial charge in [0.1, 0.15) is 0 Å². The fourth-order valence-corrected chi connectivity index (χ4v) is 2.48. The Morgan fingerprint density at radius 3 is 3.00 bits per heavy atom. The van der Waals surface area contributed by atoms with Crippen LogP contribution in [-0.4, -0.2) is 43.6 Å². The third kappa shape index (κ3) is 3.07. The summed E-state index contributed by atoms with van der Waals surface area (Å²) in [5.74, 6) is 0.609. The van der Waals surface area contributed by atoms with Gasteiger partial charge in [0.15, 0.2) is 11.6 Å². The van der Waals surface area contributed by atoms with Crippen LogP contribution in [0.3, 0.4) is 0 Å². The molecule has 0 spiro atoms. The van der Waals surface area contributed by atoms with Gasteiger partial charge in [-0.05, 0) is 32.0 Å². The summed E-state index contributed by atoms with van der Waals surface area (Å²) in [5.41, 5.74) is 0. The van der Waals surface area contributed by atoms with Gasteiger partial charge in [0.2, 0.25) is 0 Å². The molecule has 1 aromatic heterocycles. The molecule has 17 heavy (non-hydrogen) atoms. The van der Waals surface area contributed by atoms with E-state index in [0.717, 1.165) is 26.1 Å². The van der Waals surface area contributed by atoms with E-state index in [1.165, 1.54) is 12.3 Å². The number of rotatable bonds is 3. The second kappa shape index (κ2) is 5.19. The van der Waals surface area contributed by atoms with Crippen molar-refractivity contribution in [2.45, 2.75) is 6.42 Å². The Kier molecular flexibility index (Phi) is 3.84. The lowest BCUT2D eigenvalue weighted by Gasteiger charge is -2.22. The van der Waals surface area contributed by atoms with Crippen LogP contribution in [0, 0.1) is 11.7 Å². The van der Waals surface area contributed by atoms with Crippen LogP contribution >= 0.6 is 11.6 Å². The van der Waals surface area contributed by atoms with Crippen molar-refractivity contribution >= 4 is 17.4 Å². The first kappa shape index (κ1) is 12.6. The summed E-state index contributed by atoms with van der Waals surface area (Å²) < 4.78 is 13.7. The number of aromatic nitrogens is 1. The van der Waals surface area contributed by atoms with Gasteiger partial charge >= 0.3 is 0 Å².